The Labute approximate surface area is 120 Å². The molecule has 0 saturated heterocycles. The fourth-order valence-electron chi connectivity index (χ4n) is 1.64. The van der Waals surface area contributed by atoms with Gasteiger partial charge < -0.3 is 10.5 Å². The molecule has 0 aliphatic carbocycles. The Balaban J connectivity index is 1.97. The van der Waals surface area contributed by atoms with Gasteiger partial charge in [0.25, 0.3) is 0 Å². The highest BCUT2D eigenvalue weighted by Gasteiger charge is 2.07. The highest BCUT2D eigenvalue weighted by Crippen LogP contribution is 2.13. The van der Waals surface area contributed by atoms with E-state index in [1.165, 1.54) is 0 Å². The van der Waals surface area contributed by atoms with Crippen LogP contribution in [0, 0.1) is 0 Å². The monoisotopic (exact) mass is 319 g/mol. The fraction of sp³-hybridized carbons (Fsp3) is 0.133. The van der Waals surface area contributed by atoms with Gasteiger partial charge in [0.15, 0.2) is 0 Å². The first-order valence-electron chi connectivity index (χ1n) is 5.89. The van der Waals surface area contributed by atoms with Crippen LogP contribution in [0.2, 0.25) is 0 Å². The molecule has 0 atom stereocenters. The Kier molecular flexibility index (Phi) is 4.71. The molecule has 19 heavy (non-hydrogen) atoms. The van der Waals surface area contributed by atoms with Gasteiger partial charge in [-0.3, -0.25) is 0 Å². The summed E-state index contributed by atoms with van der Waals surface area (Å²) in [5.74, 6) is -0.330. The number of rotatable bonds is 4. The van der Waals surface area contributed by atoms with Crippen molar-refractivity contribution >= 4 is 21.9 Å². The maximum absolute atomic E-state index is 11.8. The molecule has 0 spiro atoms. The summed E-state index contributed by atoms with van der Waals surface area (Å²) in [6.45, 7) is 0.726. The predicted octanol–water partition coefficient (Wildman–Crippen LogP) is 3.26. The summed E-state index contributed by atoms with van der Waals surface area (Å²) in [5, 5.41) is 0. The van der Waals surface area contributed by atoms with Crippen molar-refractivity contribution in [1.29, 1.82) is 0 Å². The van der Waals surface area contributed by atoms with Crippen LogP contribution in [0.15, 0.2) is 53.0 Å². The van der Waals surface area contributed by atoms with E-state index in [0.717, 1.165) is 15.6 Å². The Hall–Kier alpha value is -1.65. The quantitative estimate of drug-likeness (QED) is 0.880. The van der Waals surface area contributed by atoms with Crippen LogP contribution >= 0.6 is 15.9 Å². The zero-order chi connectivity index (χ0) is 13.7. The normalized spacial score (nSPS) is 10.2. The van der Waals surface area contributed by atoms with E-state index in [4.69, 9.17) is 10.5 Å². The van der Waals surface area contributed by atoms with Crippen LogP contribution in [0.4, 0.5) is 0 Å². The number of halogens is 1. The highest BCUT2D eigenvalue weighted by molar-refractivity contribution is 9.10. The van der Waals surface area contributed by atoms with E-state index >= 15 is 0 Å². The molecular formula is C15H14BrNO2. The van der Waals surface area contributed by atoms with Crippen molar-refractivity contribution < 1.29 is 9.53 Å². The Morgan fingerprint density at radius 1 is 1.11 bits per heavy atom. The van der Waals surface area contributed by atoms with Crippen molar-refractivity contribution in [2.75, 3.05) is 0 Å². The number of ether oxygens (including phenoxy) is 1. The second kappa shape index (κ2) is 6.50. The van der Waals surface area contributed by atoms with E-state index in [1.807, 2.05) is 36.4 Å². The van der Waals surface area contributed by atoms with Gasteiger partial charge in [0.2, 0.25) is 0 Å². The molecule has 0 radical (unpaired) electrons. The molecule has 0 saturated carbocycles. The van der Waals surface area contributed by atoms with Gasteiger partial charge in [-0.25, -0.2) is 4.79 Å². The lowest BCUT2D eigenvalue weighted by atomic mass is 10.1. The summed E-state index contributed by atoms with van der Waals surface area (Å²) in [6, 6.07) is 14.8. The molecule has 4 heteroatoms. The van der Waals surface area contributed by atoms with Crippen molar-refractivity contribution in [3.8, 4) is 0 Å². The second-order valence-electron chi connectivity index (χ2n) is 4.11. The Morgan fingerprint density at radius 2 is 1.84 bits per heavy atom. The minimum Gasteiger partial charge on any atom is -0.457 e. The smallest absolute Gasteiger partial charge is 0.338 e. The Bertz CT molecular complexity index is 567. The zero-order valence-electron chi connectivity index (χ0n) is 10.3. The van der Waals surface area contributed by atoms with Crippen molar-refractivity contribution in [2.45, 2.75) is 13.2 Å². The number of esters is 1. The lowest BCUT2D eigenvalue weighted by Gasteiger charge is -2.06. The summed E-state index contributed by atoms with van der Waals surface area (Å²) in [7, 11) is 0. The van der Waals surface area contributed by atoms with Crippen LogP contribution in [0.3, 0.4) is 0 Å². The largest absolute Gasteiger partial charge is 0.457 e. The molecule has 0 bridgehead atoms. The van der Waals surface area contributed by atoms with Crippen LogP contribution in [-0.2, 0) is 17.9 Å². The number of benzene rings is 2. The number of nitrogens with two attached hydrogens (primary N) is 1. The third kappa shape index (κ3) is 3.91. The highest BCUT2D eigenvalue weighted by atomic mass is 79.9. The van der Waals surface area contributed by atoms with E-state index in [1.54, 1.807) is 12.1 Å². The van der Waals surface area contributed by atoms with Crippen molar-refractivity contribution in [1.82, 2.24) is 0 Å². The summed E-state index contributed by atoms with van der Waals surface area (Å²) < 4.78 is 6.22. The van der Waals surface area contributed by atoms with Crippen molar-refractivity contribution in [2.24, 2.45) is 5.73 Å². The lowest BCUT2D eigenvalue weighted by molar-refractivity contribution is 0.0472. The third-order valence-corrected chi connectivity index (χ3v) is 3.18. The summed E-state index contributed by atoms with van der Waals surface area (Å²) in [6.07, 6.45) is 0. The molecule has 3 nitrogen and oxygen atoms in total. The second-order valence-corrected chi connectivity index (χ2v) is 5.02. The lowest BCUT2D eigenvalue weighted by Crippen LogP contribution is -2.05. The third-order valence-electron chi connectivity index (χ3n) is 2.68. The number of carbonyl (C=O) groups excluding carboxylic acids is 1. The Morgan fingerprint density at radius 3 is 2.47 bits per heavy atom. The molecule has 2 N–H and O–H groups in total. The SMILES string of the molecule is NCc1ccc(C(=O)OCc2cccc(Br)c2)cc1. The van der Waals surface area contributed by atoms with Gasteiger partial charge in [0.1, 0.15) is 6.61 Å². The van der Waals surface area contributed by atoms with Crippen LogP contribution in [0.25, 0.3) is 0 Å². The first-order chi connectivity index (χ1) is 9.19. The minimum atomic E-state index is -0.330. The molecule has 0 aliphatic rings. The molecule has 2 aromatic carbocycles. The van der Waals surface area contributed by atoms with Gasteiger partial charge in [-0.1, -0.05) is 40.2 Å². The van der Waals surface area contributed by atoms with E-state index in [0.29, 0.717) is 12.1 Å². The molecule has 0 heterocycles. The molecule has 0 fully saturated rings. The average molecular weight is 320 g/mol. The maximum atomic E-state index is 11.8. The number of hydrogen-bond donors (Lipinski definition) is 1. The van der Waals surface area contributed by atoms with Gasteiger partial charge >= 0.3 is 5.97 Å². The van der Waals surface area contributed by atoms with Crippen LogP contribution in [-0.4, -0.2) is 5.97 Å². The number of carbonyl (C=O) groups is 1. The van der Waals surface area contributed by atoms with Crippen molar-refractivity contribution in [3.05, 3.63) is 69.7 Å². The molecule has 2 aromatic rings. The van der Waals surface area contributed by atoms with Crippen LogP contribution < -0.4 is 5.73 Å². The van der Waals surface area contributed by atoms with Gasteiger partial charge in [0.05, 0.1) is 5.56 Å². The molecule has 2 rings (SSSR count). The molecule has 0 aromatic heterocycles. The van der Waals surface area contributed by atoms with Gasteiger partial charge in [0, 0.05) is 11.0 Å². The first kappa shape index (κ1) is 13.8. The first-order valence-corrected chi connectivity index (χ1v) is 6.69. The summed E-state index contributed by atoms with van der Waals surface area (Å²) >= 11 is 3.38. The predicted molar refractivity (Wildman–Crippen MR) is 77.6 cm³/mol. The van der Waals surface area contributed by atoms with Gasteiger partial charge in [-0.2, -0.15) is 0 Å². The van der Waals surface area contributed by atoms with Gasteiger partial charge in [-0.15, -0.1) is 0 Å². The minimum absolute atomic E-state index is 0.261. The van der Waals surface area contributed by atoms with Crippen molar-refractivity contribution in [3.63, 3.8) is 0 Å². The molecular weight excluding hydrogens is 306 g/mol. The number of hydrogen-bond acceptors (Lipinski definition) is 3. The topological polar surface area (TPSA) is 52.3 Å². The molecule has 0 aliphatic heterocycles. The maximum Gasteiger partial charge on any atom is 0.338 e. The van der Waals surface area contributed by atoms with E-state index < -0.39 is 0 Å². The van der Waals surface area contributed by atoms with Gasteiger partial charge in [-0.05, 0) is 35.4 Å². The standard InChI is InChI=1S/C15H14BrNO2/c16-14-3-1-2-12(8-14)10-19-15(18)13-6-4-11(9-17)5-7-13/h1-8H,9-10,17H2. The van der Waals surface area contributed by atoms with E-state index in [2.05, 4.69) is 15.9 Å². The average Bonchev–Trinajstić information content (AvgIpc) is 2.45. The molecule has 0 amide bonds. The van der Waals surface area contributed by atoms with E-state index in [9.17, 15) is 4.79 Å². The molecule has 98 valence electrons. The van der Waals surface area contributed by atoms with E-state index in [-0.39, 0.29) is 12.6 Å². The zero-order valence-corrected chi connectivity index (χ0v) is 11.9. The summed E-state index contributed by atoms with van der Waals surface area (Å²) in [4.78, 5) is 11.8. The fourth-order valence-corrected chi connectivity index (χ4v) is 2.08. The van der Waals surface area contributed by atoms with Crippen LogP contribution in [0.5, 0.6) is 0 Å². The van der Waals surface area contributed by atoms with Crippen LogP contribution in [0.1, 0.15) is 21.5 Å². The summed E-state index contributed by atoms with van der Waals surface area (Å²) in [5.41, 5.74) is 7.97. The molecule has 0 unspecified atom stereocenters.